The first kappa shape index (κ1) is 10.1. The van der Waals surface area contributed by atoms with Crippen LogP contribution >= 0.6 is 11.6 Å². The maximum absolute atomic E-state index is 10.5. The van der Waals surface area contributed by atoms with E-state index in [-0.39, 0.29) is 12.5 Å². The van der Waals surface area contributed by atoms with Crippen LogP contribution in [0.25, 0.3) is 0 Å². The van der Waals surface area contributed by atoms with Crippen LogP contribution in [0.5, 0.6) is 5.75 Å². The van der Waals surface area contributed by atoms with Crippen molar-refractivity contribution in [3.63, 3.8) is 0 Å². The largest absolute Gasteiger partial charge is 0.484 e. The molecule has 0 saturated carbocycles. The van der Waals surface area contributed by atoms with E-state index < -0.39 is 5.97 Å². The number of hydrogen-bond acceptors (Lipinski definition) is 3. The molecule has 0 bridgehead atoms. The van der Waals surface area contributed by atoms with E-state index in [0.717, 1.165) is 5.69 Å². The Kier molecular flexibility index (Phi) is 2.68. The standard InChI is InChI=1S/C10H10ClNO3/c11-7-2-1-3-8-10(7)15-6(5-12-8)4-9(13)14/h1-3,6,12H,4-5H2,(H,13,14). The molecule has 1 atom stereocenters. The van der Waals surface area contributed by atoms with Gasteiger partial charge >= 0.3 is 5.97 Å². The Balaban J connectivity index is 2.18. The molecular weight excluding hydrogens is 218 g/mol. The van der Waals surface area contributed by atoms with Gasteiger partial charge in [-0.3, -0.25) is 4.79 Å². The molecule has 5 heteroatoms. The van der Waals surface area contributed by atoms with Gasteiger partial charge in [-0.2, -0.15) is 0 Å². The van der Waals surface area contributed by atoms with Crippen LogP contribution in [-0.4, -0.2) is 23.7 Å². The van der Waals surface area contributed by atoms with E-state index >= 15 is 0 Å². The van der Waals surface area contributed by atoms with Crippen molar-refractivity contribution in [3.8, 4) is 5.75 Å². The quantitative estimate of drug-likeness (QED) is 0.811. The summed E-state index contributed by atoms with van der Waals surface area (Å²) in [6.45, 7) is 0.486. The number of ether oxygens (including phenoxy) is 1. The molecule has 1 unspecified atom stereocenters. The average Bonchev–Trinajstić information content (AvgIpc) is 2.18. The summed E-state index contributed by atoms with van der Waals surface area (Å²) in [5, 5.41) is 12.2. The predicted molar refractivity (Wildman–Crippen MR) is 56.6 cm³/mol. The van der Waals surface area contributed by atoms with Gasteiger partial charge < -0.3 is 15.2 Å². The Morgan fingerprint density at radius 2 is 2.47 bits per heavy atom. The van der Waals surface area contributed by atoms with Crippen molar-refractivity contribution in [1.82, 2.24) is 0 Å². The molecule has 0 saturated heterocycles. The van der Waals surface area contributed by atoms with Gasteiger partial charge in [0, 0.05) is 0 Å². The van der Waals surface area contributed by atoms with Crippen molar-refractivity contribution in [1.29, 1.82) is 0 Å². The Labute approximate surface area is 91.8 Å². The highest BCUT2D eigenvalue weighted by Crippen LogP contribution is 2.36. The molecule has 1 aliphatic heterocycles. The van der Waals surface area contributed by atoms with Gasteiger partial charge in [0.1, 0.15) is 6.10 Å². The summed E-state index contributed by atoms with van der Waals surface area (Å²) in [6, 6.07) is 5.37. The normalized spacial score (nSPS) is 18.6. The number of nitrogens with one attached hydrogen (secondary N) is 1. The van der Waals surface area contributed by atoms with E-state index in [9.17, 15) is 4.79 Å². The molecule has 1 heterocycles. The number of aliphatic carboxylic acids is 1. The molecule has 0 fully saturated rings. The molecule has 0 aliphatic carbocycles. The van der Waals surface area contributed by atoms with Crippen LogP contribution in [0.2, 0.25) is 5.02 Å². The summed E-state index contributed by atoms with van der Waals surface area (Å²) in [5.74, 6) is -0.339. The van der Waals surface area contributed by atoms with Crippen LogP contribution in [0.3, 0.4) is 0 Å². The molecule has 1 aliphatic rings. The Hall–Kier alpha value is -1.42. The molecule has 1 aromatic rings. The molecule has 1 aromatic carbocycles. The summed E-state index contributed by atoms with van der Waals surface area (Å²) in [5.41, 5.74) is 0.809. The highest BCUT2D eigenvalue weighted by molar-refractivity contribution is 6.32. The third-order valence-corrected chi connectivity index (χ3v) is 2.47. The van der Waals surface area contributed by atoms with Crippen molar-refractivity contribution in [2.75, 3.05) is 11.9 Å². The van der Waals surface area contributed by atoms with Gasteiger partial charge in [-0.15, -0.1) is 0 Å². The second-order valence-electron chi connectivity index (χ2n) is 3.34. The highest BCUT2D eigenvalue weighted by Gasteiger charge is 2.23. The van der Waals surface area contributed by atoms with Crippen molar-refractivity contribution in [2.24, 2.45) is 0 Å². The summed E-state index contributed by atoms with van der Waals surface area (Å²) in [6.07, 6.45) is -0.396. The fraction of sp³-hybridized carbons (Fsp3) is 0.300. The van der Waals surface area contributed by atoms with E-state index in [2.05, 4.69) is 5.32 Å². The zero-order valence-corrected chi connectivity index (χ0v) is 8.62. The predicted octanol–water partition coefficient (Wildman–Crippen LogP) is 1.99. The number of halogens is 1. The van der Waals surface area contributed by atoms with Gasteiger partial charge in [0.25, 0.3) is 0 Å². The number of rotatable bonds is 2. The molecule has 15 heavy (non-hydrogen) atoms. The number of para-hydroxylation sites is 1. The molecule has 80 valence electrons. The van der Waals surface area contributed by atoms with Crippen molar-refractivity contribution in [3.05, 3.63) is 23.2 Å². The van der Waals surface area contributed by atoms with Gasteiger partial charge in [-0.25, -0.2) is 0 Å². The molecule has 0 aromatic heterocycles. The number of fused-ring (bicyclic) bond motifs is 1. The lowest BCUT2D eigenvalue weighted by Crippen LogP contribution is -2.32. The number of carboxylic acid groups (broad SMARTS) is 1. The minimum absolute atomic E-state index is 0.0301. The number of carboxylic acids is 1. The molecule has 0 spiro atoms. The first-order chi connectivity index (χ1) is 7.16. The first-order valence-corrected chi connectivity index (χ1v) is 4.95. The molecule has 4 nitrogen and oxygen atoms in total. The van der Waals surface area contributed by atoms with Crippen molar-refractivity contribution >= 4 is 23.3 Å². The van der Waals surface area contributed by atoms with Gasteiger partial charge in [0.05, 0.1) is 23.7 Å². The summed E-state index contributed by atoms with van der Waals surface area (Å²) >= 11 is 5.93. The SMILES string of the molecule is O=C(O)CC1CNc2cccc(Cl)c2O1. The van der Waals surface area contributed by atoms with Gasteiger partial charge in [-0.1, -0.05) is 17.7 Å². The van der Waals surface area contributed by atoms with Crippen LogP contribution in [-0.2, 0) is 4.79 Å². The molecule has 0 radical (unpaired) electrons. The monoisotopic (exact) mass is 227 g/mol. The van der Waals surface area contributed by atoms with Gasteiger partial charge in [-0.05, 0) is 12.1 Å². The summed E-state index contributed by atoms with van der Waals surface area (Å²) in [4.78, 5) is 10.5. The van der Waals surface area contributed by atoms with E-state index in [1.54, 1.807) is 6.07 Å². The number of carbonyl (C=O) groups is 1. The third kappa shape index (κ3) is 2.15. The number of hydrogen-bond donors (Lipinski definition) is 2. The van der Waals surface area contributed by atoms with Crippen LogP contribution in [0, 0.1) is 0 Å². The third-order valence-electron chi connectivity index (χ3n) is 2.17. The lowest BCUT2D eigenvalue weighted by Gasteiger charge is -2.26. The Morgan fingerprint density at radius 1 is 1.67 bits per heavy atom. The lowest BCUT2D eigenvalue weighted by atomic mass is 10.2. The van der Waals surface area contributed by atoms with Crippen LogP contribution in [0.15, 0.2) is 18.2 Å². The Morgan fingerprint density at radius 3 is 3.20 bits per heavy atom. The molecular formula is C10H10ClNO3. The lowest BCUT2D eigenvalue weighted by molar-refractivity contribution is -0.138. The van der Waals surface area contributed by atoms with Crippen LogP contribution in [0.4, 0.5) is 5.69 Å². The maximum Gasteiger partial charge on any atom is 0.307 e. The second-order valence-corrected chi connectivity index (χ2v) is 3.74. The topological polar surface area (TPSA) is 58.6 Å². The van der Waals surface area contributed by atoms with Crippen molar-refractivity contribution in [2.45, 2.75) is 12.5 Å². The van der Waals surface area contributed by atoms with Gasteiger partial charge in [0.2, 0.25) is 0 Å². The van der Waals surface area contributed by atoms with E-state index in [1.165, 1.54) is 0 Å². The van der Waals surface area contributed by atoms with E-state index in [0.29, 0.717) is 17.3 Å². The van der Waals surface area contributed by atoms with Crippen molar-refractivity contribution < 1.29 is 14.6 Å². The fourth-order valence-corrected chi connectivity index (χ4v) is 1.73. The zero-order valence-electron chi connectivity index (χ0n) is 7.87. The highest BCUT2D eigenvalue weighted by atomic mass is 35.5. The maximum atomic E-state index is 10.5. The minimum Gasteiger partial charge on any atom is -0.484 e. The molecule has 2 N–H and O–H groups in total. The molecule has 0 amide bonds. The fourth-order valence-electron chi connectivity index (χ4n) is 1.51. The summed E-state index contributed by atoms with van der Waals surface area (Å²) < 4.78 is 5.50. The van der Waals surface area contributed by atoms with Crippen LogP contribution in [0.1, 0.15) is 6.42 Å². The minimum atomic E-state index is -0.877. The second kappa shape index (κ2) is 3.98. The summed E-state index contributed by atoms with van der Waals surface area (Å²) in [7, 11) is 0. The Bertz CT molecular complexity index is 394. The molecule has 2 rings (SSSR count). The first-order valence-electron chi connectivity index (χ1n) is 4.57. The smallest absolute Gasteiger partial charge is 0.307 e. The average molecular weight is 228 g/mol. The van der Waals surface area contributed by atoms with E-state index in [4.69, 9.17) is 21.4 Å². The zero-order chi connectivity index (χ0) is 10.8. The number of benzene rings is 1. The van der Waals surface area contributed by atoms with E-state index in [1.807, 2.05) is 12.1 Å². The number of anilines is 1. The van der Waals surface area contributed by atoms with Gasteiger partial charge in [0.15, 0.2) is 5.75 Å². The van der Waals surface area contributed by atoms with Crippen LogP contribution < -0.4 is 10.1 Å².